The van der Waals surface area contributed by atoms with Gasteiger partial charge in [0, 0.05) is 18.4 Å². The van der Waals surface area contributed by atoms with Gasteiger partial charge in [-0.1, -0.05) is 36.4 Å². The van der Waals surface area contributed by atoms with E-state index in [4.69, 9.17) is 0 Å². The Bertz CT molecular complexity index is 1100. The molecule has 3 rings (SSSR count). The van der Waals surface area contributed by atoms with E-state index in [2.05, 4.69) is 14.8 Å². The Morgan fingerprint density at radius 2 is 1.42 bits per heavy atom. The lowest BCUT2D eigenvalue weighted by atomic mass is 10.0. The van der Waals surface area contributed by atoms with Gasteiger partial charge in [-0.15, -0.1) is 13.2 Å². The van der Waals surface area contributed by atoms with Gasteiger partial charge in [0.05, 0.1) is 13.7 Å². The highest BCUT2D eigenvalue weighted by molar-refractivity contribution is 6.38. The van der Waals surface area contributed by atoms with Crippen LogP contribution >= 0.6 is 0 Å². The highest BCUT2D eigenvalue weighted by Crippen LogP contribution is 2.28. The van der Waals surface area contributed by atoms with Crippen molar-refractivity contribution in [3.63, 3.8) is 0 Å². The van der Waals surface area contributed by atoms with Crippen molar-refractivity contribution < 1.29 is 32.2 Å². The van der Waals surface area contributed by atoms with Crippen LogP contribution in [0.2, 0.25) is 0 Å². The number of esters is 1. The number of hydrogen-bond acceptors (Lipinski definition) is 5. The van der Waals surface area contributed by atoms with Gasteiger partial charge >= 0.3 is 18.2 Å². The number of amides is 1. The Balaban J connectivity index is 1.83. The molecular formula is C24H21F3N2O4. The van der Waals surface area contributed by atoms with E-state index in [-0.39, 0.29) is 12.3 Å². The summed E-state index contributed by atoms with van der Waals surface area (Å²) in [5, 5.41) is 3.01. The molecule has 1 amide bonds. The zero-order chi connectivity index (χ0) is 24.0. The summed E-state index contributed by atoms with van der Waals surface area (Å²) in [5.74, 6) is -2.13. The first-order valence-corrected chi connectivity index (χ1v) is 9.83. The smallest absolute Gasteiger partial charge is 0.462 e. The fraction of sp³-hybridized carbons (Fsp3) is 0.167. The summed E-state index contributed by atoms with van der Waals surface area (Å²) < 4.78 is 45.5. The second-order valence-corrected chi connectivity index (χ2v) is 6.95. The Kier molecular flexibility index (Phi) is 7.22. The van der Waals surface area contributed by atoms with Crippen molar-refractivity contribution in [2.45, 2.75) is 12.9 Å². The minimum absolute atomic E-state index is 0.140. The zero-order valence-electron chi connectivity index (χ0n) is 17.8. The SMILES string of the molecule is CNc1ccc(CN(C(=O)C(=O)OC)c2ccc(-c3ccc(OC(F)(F)F)cc3)cc2)cc1. The number of hydrogen-bond donors (Lipinski definition) is 1. The van der Waals surface area contributed by atoms with Crippen LogP contribution in [0.1, 0.15) is 5.56 Å². The molecular weight excluding hydrogens is 437 g/mol. The predicted octanol–water partition coefficient (Wildman–Crippen LogP) is 5.00. The molecule has 3 aromatic carbocycles. The molecule has 0 aliphatic heterocycles. The largest absolute Gasteiger partial charge is 0.573 e. The van der Waals surface area contributed by atoms with Crippen LogP contribution in [0.15, 0.2) is 72.8 Å². The van der Waals surface area contributed by atoms with Crippen LogP contribution in [0.25, 0.3) is 11.1 Å². The number of nitrogens with one attached hydrogen (secondary N) is 1. The number of alkyl halides is 3. The van der Waals surface area contributed by atoms with Gasteiger partial charge < -0.3 is 14.8 Å². The first kappa shape index (κ1) is 23.6. The number of methoxy groups -OCH3 is 1. The highest BCUT2D eigenvalue weighted by Gasteiger charge is 2.31. The molecule has 6 nitrogen and oxygen atoms in total. The van der Waals surface area contributed by atoms with E-state index in [0.717, 1.165) is 18.4 Å². The fourth-order valence-corrected chi connectivity index (χ4v) is 3.12. The highest BCUT2D eigenvalue weighted by atomic mass is 19.4. The molecule has 172 valence electrons. The maximum Gasteiger partial charge on any atom is 0.573 e. The summed E-state index contributed by atoms with van der Waals surface area (Å²) in [6, 6.07) is 19.5. The summed E-state index contributed by atoms with van der Waals surface area (Å²) in [5.41, 5.74) is 3.53. The minimum Gasteiger partial charge on any atom is -0.462 e. The Morgan fingerprint density at radius 3 is 1.91 bits per heavy atom. The van der Waals surface area contributed by atoms with Crippen molar-refractivity contribution in [3.8, 4) is 16.9 Å². The lowest BCUT2D eigenvalue weighted by Crippen LogP contribution is -2.36. The maximum absolute atomic E-state index is 12.6. The zero-order valence-corrected chi connectivity index (χ0v) is 17.8. The van der Waals surface area contributed by atoms with Crippen LogP contribution in [0.4, 0.5) is 24.5 Å². The Morgan fingerprint density at radius 1 is 0.879 bits per heavy atom. The van der Waals surface area contributed by atoms with E-state index < -0.39 is 18.2 Å². The van der Waals surface area contributed by atoms with Gasteiger partial charge in [-0.05, 0) is 53.1 Å². The molecule has 0 aliphatic carbocycles. The minimum atomic E-state index is -4.76. The van der Waals surface area contributed by atoms with E-state index in [0.29, 0.717) is 16.8 Å². The van der Waals surface area contributed by atoms with Gasteiger partial charge in [0.25, 0.3) is 0 Å². The molecule has 3 aromatic rings. The average molecular weight is 458 g/mol. The summed E-state index contributed by atoms with van der Waals surface area (Å²) >= 11 is 0. The van der Waals surface area contributed by atoms with Gasteiger partial charge in [0.15, 0.2) is 0 Å². The van der Waals surface area contributed by atoms with Gasteiger partial charge in [-0.25, -0.2) is 4.79 Å². The molecule has 0 spiro atoms. The third-order valence-corrected chi connectivity index (χ3v) is 4.79. The number of halogens is 3. The molecule has 9 heteroatoms. The lowest BCUT2D eigenvalue weighted by molar-refractivity contribution is -0.274. The third-order valence-electron chi connectivity index (χ3n) is 4.79. The van der Waals surface area contributed by atoms with E-state index >= 15 is 0 Å². The van der Waals surface area contributed by atoms with E-state index in [1.165, 1.54) is 29.2 Å². The van der Waals surface area contributed by atoms with Crippen molar-refractivity contribution in [3.05, 3.63) is 78.4 Å². The standard InChI is InChI=1S/C24H21F3N2O4/c1-28-19-9-3-16(4-10-19)15-29(22(30)23(31)32-2)20-11-5-17(6-12-20)18-7-13-21(14-8-18)33-24(25,26)27/h3-14,28H,15H2,1-2H3. The molecule has 0 saturated heterocycles. The van der Waals surface area contributed by atoms with Crippen LogP contribution in [0.5, 0.6) is 5.75 Å². The van der Waals surface area contributed by atoms with E-state index in [1.54, 1.807) is 31.3 Å². The van der Waals surface area contributed by atoms with Crippen molar-refractivity contribution in [1.29, 1.82) is 0 Å². The number of benzene rings is 3. The molecule has 0 unspecified atom stereocenters. The first-order chi connectivity index (χ1) is 15.7. The Labute approximate surface area is 188 Å². The topological polar surface area (TPSA) is 67.9 Å². The molecule has 0 saturated carbocycles. The monoisotopic (exact) mass is 458 g/mol. The van der Waals surface area contributed by atoms with Crippen LogP contribution in [-0.2, 0) is 20.9 Å². The van der Waals surface area contributed by atoms with Crippen LogP contribution in [0, 0.1) is 0 Å². The number of carbonyl (C=O) groups is 2. The number of rotatable bonds is 6. The van der Waals surface area contributed by atoms with Crippen LogP contribution in [0.3, 0.4) is 0 Å². The lowest BCUT2D eigenvalue weighted by Gasteiger charge is -2.22. The Hall–Kier alpha value is -4.01. The summed E-state index contributed by atoms with van der Waals surface area (Å²) in [4.78, 5) is 25.9. The second-order valence-electron chi connectivity index (χ2n) is 6.95. The number of nitrogens with zero attached hydrogens (tertiary/aromatic N) is 1. The van der Waals surface area contributed by atoms with Gasteiger partial charge in [-0.2, -0.15) is 0 Å². The van der Waals surface area contributed by atoms with Crippen molar-refractivity contribution in [2.75, 3.05) is 24.4 Å². The molecule has 0 heterocycles. The number of carbonyl (C=O) groups excluding carboxylic acids is 2. The predicted molar refractivity (Wildman–Crippen MR) is 118 cm³/mol. The van der Waals surface area contributed by atoms with Crippen LogP contribution < -0.4 is 15.0 Å². The molecule has 0 atom stereocenters. The van der Waals surface area contributed by atoms with Crippen molar-refractivity contribution in [1.82, 2.24) is 0 Å². The van der Waals surface area contributed by atoms with Gasteiger partial charge in [0.2, 0.25) is 0 Å². The summed E-state index contributed by atoms with van der Waals surface area (Å²) in [6.45, 7) is 0.140. The number of ether oxygens (including phenoxy) is 2. The quantitative estimate of drug-likeness (QED) is 0.416. The summed E-state index contributed by atoms with van der Waals surface area (Å²) in [7, 11) is 2.93. The molecule has 1 N–H and O–H groups in total. The number of anilines is 2. The molecule has 0 fully saturated rings. The van der Waals surface area contributed by atoms with E-state index in [1.807, 2.05) is 24.3 Å². The first-order valence-electron chi connectivity index (χ1n) is 9.83. The molecule has 0 radical (unpaired) electrons. The van der Waals surface area contributed by atoms with Gasteiger partial charge in [-0.3, -0.25) is 9.69 Å². The summed E-state index contributed by atoms with van der Waals surface area (Å²) in [6.07, 6.45) is -4.76. The molecule has 33 heavy (non-hydrogen) atoms. The van der Waals surface area contributed by atoms with E-state index in [9.17, 15) is 22.8 Å². The molecule has 0 aromatic heterocycles. The third kappa shape index (κ3) is 6.25. The second kappa shape index (κ2) is 10.1. The molecule has 0 bridgehead atoms. The van der Waals surface area contributed by atoms with Crippen molar-refractivity contribution in [2.24, 2.45) is 0 Å². The average Bonchev–Trinajstić information content (AvgIpc) is 2.81. The maximum atomic E-state index is 12.6. The molecule has 0 aliphatic rings. The normalized spacial score (nSPS) is 10.9. The fourth-order valence-electron chi connectivity index (χ4n) is 3.12. The van der Waals surface area contributed by atoms with Crippen LogP contribution in [-0.4, -0.2) is 32.4 Å². The van der Waals surface area contributed by atoms with Gasteiger partial charge in [0.1, 0.15) is 5.75 Å². The van der Waals surface area contributed by atoms with Crippen molar-refractivity contribution >= 4 is 23.3 Å².